The predicted octanol–water partition coefficient (Wildman–Crippen LogP) is 1.93. The summed E-state index contributed by atoms with van der Waals surface area (Å²) in [6.45, 7) is 4.19. The van der Waals surface area contributed by atoms with Crippen molar-refractivity contribution in [2.75, 3.05) is 6.54 Å². The molecule has 1 atom stereocenters. The van der Waals surface area contributed by atoms with Crippen LogP contribution in [0.5, 0.6) is 5.75 Å². The minimum Gasteiger partial charge on any atom is -0.503 e. The van der Waals surface area contributed by atoms with E-state index in [1.54, 1.807) is 4.90 Å². The number of carbonyl (C=O) groups excluding carboxylic acids is 1. The molecule has 0 bridgehead atoms. The highest BCUT2D eigenvalue weighted by Crippen LogP contribution is 2.33. The summed E-state index contributed by atoms with van der Waals surface area (Å²) in [5, 5.41) is 23.4. The summed E-state index contributed by atoms with van der Waals surface area (Å²) in [5.74, 6) is -2.31. The maximum absolute atomic E-state index is 12.6. The molecular formula is C17H19N3O4. The van der Waals surface area contributed by atoms with Gasteiger partial charge in [-0.1, -0.05) is 30.3 Å². The van der Waals surface area contributed by atoms with Gasteiger partial charge in [-0.05, 0) is 25.8 Å². The average molecular weight is 329 g/mol. The van der Waals surface area contributed by atoms with Crippen LogP contribution in [0.25, 0.3) is 0 Å². The van der Waals surface area contributed by atoms with Gasteiger partial charge in [-0.2, -0.15) is 5.10 Å². The van der Waals surface area contributed by atoms with E-state index < -0.39 is 23.3 Å². The van der Waals surface area contributed by atoms with Gasteiger partial charge in [0.25, 0.3) is 5.91 Å². The topological polar surface area (TPSA) is 95.7 Å². The molecule has 1 unspecified atom stereocenters. The second-order valence-electron chi connectivity index (χ2n) is 6.19. The van der Waals surface area contributed by atoms with Gasteiger partial charge in [-0.15, -0.1) is 0 Å². The SMILES string of the molecule is CC(C)N1CC(Cc2ccccc2)n2nc(C(=O)O)c(O)c2C1=O. The van der Waals surface area contributed by atoms with E-state index >= 15 is 0 Å². The third-order valence-corrected chi connectivity index (χ3v) is 4.24. The van der Waals surface area contributed by atoms with E-state index in [2.05, 4.69) is 5.10 Å². The van der Waals surface area contributed by atoms with Crippen LogP contribution in [0.15, 0.2) is 30.3 Å². The van der Waals surface area contributed by atoms with Crippen molar-refractivity contribution in [1.29, 1.82) is 0 Å². The lowest BCUT2D eigenvalue weighted by molar-refractivity contribution is 0.0587. The quantitative estimate of drug-likeness (QED) is 0.893. The van der Waals surface area contributed by atoms with E-state index in [-0.39, 0.29) is 17.8 Å². The van der Waals surface area contributed by atoms with E-state index in [0.29, 0.717) is 13.0 Å². The molecular weight excluding hydrogens is 310 g/mol. The molecule has 1 amide bonds. The lowest BCUT2D eigenvalue weighted by Gasteiger charge is -2.36. The molecule has 2 aromatic rings. The summed E-state index contributed by atoms with van der Waals surface area (Å²) >= 11 is 0. The van der Waals surface area contributed by atoms with Crippen LogP contribution in [0.3, 0.4) is 0 Å². The number of hydrogen-bond donors (Lipinski definition) is 2. The lowest BCUT2D eigenvalue weighted by Crippen LogP contribution is -2.47. The molecule has 0 radical (unpaired) electrons. The van der Waals surface area contributed by atoms with E-state index in [1.165, 1.54) is 4.68 Å². The highest BCUT2D eigenvalue weighted by Gasteiger charge is 2.38. The number of nitrogens with zero attached hydrogens (tertiary/aromatic N) is 3. The van der Waals surface area contributed by atoms with Gasteiger partial charge >= 0.3 is 5.97 Å². The third kappa shape index (κ3) is 2.62. The molecule has 1 aliphatic rings. The Kier molecular flexibility index (Phi) is 4.01. The molecule has 0 saturated carbocycles. The summed E-state index contributed by atoms with van der Waals surface area (Å²) in [6, 6.07) is 9.41. The first-order chi connectivity index (χ1) is 11.4. The number of aromatic nitrogens is 2. The number of carbonyl (C=O) groups is 2. The molecule has 2 N–H and O–H groups in total. The Bertz CT molecular complexity index is 783. The van der Waals surface area contributed by atoms with Gasteiger partial charge in [0.15, 0.2) is 11.4 Å². The second kappa shape index (κ2) is 5.99. The fourth-order valence-electron chi connectivity index (χ4n) is 3.04. The molecule has 1 aliphatic heterocycles. The van der Waals surface area contributed by atoms with Crippen LogP contribution in [-0.4, -0.2) is 49.4 Å². The number of amides is 1. The fraction of sp³-hybridized carbons (Fsp3) is 0.353. The van der Waals surface area contributed by atoms with Gasteiger partial charge in [0.2, 0.25) is 5.69 Å². The Labute approximate surface area is 139 Å². The van der Waals surface area contributed by atoms with Gasteiger partial charge in [-0.3, -0.25) is 9.48 Å². The molecule has 3 rings (SSSR count). The van der Waals surface area contributed by atoms with E-state index in [1.807, 2.05) is 44.2 Å². The summed E-state index contributed by atoms with van der Waals surface area (Å²) in [5.41, 5.74) is 0.522. The second-order valence-corrected chi connectivity index (χ2v) is 6.19. The lowest BCUT2D eigenvalue weighted by atomic mass is 10.0. The number of aromatic carboxylic acids is 1. The van der Waals surface area contributed by atoms with Crippen molar-refractivity contribution in [2.24, 2.45) is 0 Å². The molecule has 7 heteroatoms. The van der Waals surface area contributed by atoms with E-state index in [9.17, 15) is 19.8 Å². The van der Waals surface area contributed by atoms with Gasteiger partial charge in [-0.25, -0.2) is 4.79 Å². The van der Waals surface area contributed by atoms with Gasteiger partial charge in [0, 0.05) is 12.6 Å². The predicted molar refractivity (Wildman–Crippen MR) is 86.2 cm³/mol. The maximum Gasteiger partial charge on any atom is 0.360 e. The van der Waals surface area contributed by atoms with Crippen LogP contribution in [0.2, 0.25) is 0 Å². The number of fused-ring (bicyclic) bond motifs is 1. The number of carboxylic acid groups (broad SMARTS) is 1. The number of hydrogen-bond acceptors (Lipinski definition) is 4. The molecule has 1 aromatic carbocycles. The van der Waals surface area contributed by atoms with Crippen LogP contribution in [0.4, 0.5) is 0 Å². The van der Waals surface area contributed by atoms with Crippen LogP contribution < -0.4 is 0 Å². The third-order valence-electron chi connectivity index (χ3n) is 4.24. The minimum absolute atomic E-state index is 0.0479. The molecule has 2 heterocycles. The number of rotatable bonds is 4. The van der Waals surface area contributed by atoms with Crippen LogP contribution in [-0.2, 0) is 6.42 Å². The Balaban J connectivity index is 2.07. The zero-order valence-corrected chi connectivity index (χ0v) is 13.5. The van der Waals surface area contributed by atoms with Crippen LogP contribution >= 0.6 is 0 Å². The normalized spacial score (nSPS) is 17.2. The minimum atomic E-state index is -1.35. The van der Waals surface area contributed by atoms with Crippen molar-refractivity contribution in [3.63, 3.8) is 0 Å². The van der Waals surface area contributed by atoms with Crippen LogP contribution in [0, 0.1) is 0 Å². The molecule has 0 aliphatic carbocycles. The molecule has 0 fully saturated rings. The highest BCUT2D eigenvalue weighted by atomic mass is 16.4. The van der Waals surface area contributed by atoms with Crippen molar-refractivity contribution in [3.8, 4) is 5.75 Å². The van der Waals surface area contributed by atoms with Gasteiger partial charge in [0.05, 0.1) is 6.04 Å². The number of benzene rings is 1. The summed E-state index contributed by atoms with van der Waals surface area (Å²) in [4.78, 5) is 25.5. The van der Waals surface area contributed by atoms with E-state index in [4.69, 9.17) is 0 Å². The summed E-state index contributed by atoms with van der Waals surface area (Å²) in [7, 11) is 0. The molecule has 7 nitrogen and oxygen atoms in total. The first-order valence-electron chi connectivity index (χ1n) is 7.79. The van der Waals surface area contributed by atoms with Crippen molar-refractivity contribution >= 4 is 11.9 Å². The highest BCUT2D eigenvalue weighted by molar-refractivity contribution is 6.00. The van der Waals surface area contributed by atoms with E-state index in [0.717, 1.165) is 5.56 Å². The Morgan fingerprint density at radius 2 is 2.00 bits per heavy atom. The van der Waals surface area contributed by atoms with Crippen molar-refractivity contribution < 1.29 is 19.8 Å². The largest absolute Gasteiger partial charge is 0.503 e. The first-order valence-corrected chi connectivity index (χ1v) is 7.79. The molecule has 0 saturated heterocycles. The van der Waals surface area contributed by atoms with Crippen molar-refractivity contribution in [2.45, 2.75) is 32.4 Å². The zero-order chi connectivity index (χ0) is 17.4. The maximum atomic E-state index is 12.6. The zero-order valence-electron chi connectivity index (χ0n) is 13.5. The Morgan fingerprint density at radius 3 is 2.58 bits per heavy atom. The van der Waals surface area contributed by atoms with Gasteiger partial charge in [0.1, 0.15) is 0 Å². The Morgan fingerprint density at radius 1 is 1.33 bits per heavy atom. The van der Waals surface area contributed by atoms with Crippen LogP contribution in [0.1, 0.15) is 46.4 Å². The molecule has 24 heavy (non-hydrogen) atoms. The molecule has 0 spiro atoms. The average Bonchev–Trinajstić information content (AvgIpc) is 2.89. The Hall–Kier alpha value is -2.83. The first kappa shape index (κ1) is 16.0. The van der Waals surface area contributed by atoms with Gasteiger partial charge < -0.3 is 15.1 Å². The molecule has 126 valence electrons. The standard InChI is InChI=1S/C17H19N3O4/c1-10(2)19-9-12(8-11-6-4-3-5-7-11)20-14(16(19)22)15(21)13(18-20)17(23)24/h3-7,10,12,21H,8-9H2,1-2H3,(H,23,24). The smallest absolute Gasteiger partial charge is 0.360 e. The van der Waals surface area contributed by atoms with Crippen molar-refractivity contribution in [3.05, 3.63) is 47.3 Å². The number of aromatic hydroxyl groups is 1. The molecule has 1 aromatic heterocycles. The summed E-state index contributed by atoms with van der Waals surface area (Å²) in [6.07, 6.45) is 0.588. The van der Waals surface area contributed by atoms with Crippen molar-refractivity contribution in [1.82, 2.24) is 14.7 Å². The summed E-state index contributed by atoms with van der Waals surface area (Å²) < 4.78 is 1.37. The fourth-order valence-corrected chi connectivity index (χ4v) is 3.04. The number of carboxylic acids is 1. The monoisotopic (exact) mass is 329 g/mol.